The van der Waals surface area contributed by atoms with E-state index in [1.54, 1.807) is 0 Å². The van der Waals surface area contributed by atoms with Crippen molar-refractivity contribution in [3.63, 3.8) is 0 Å². The van der Waals surface area contributed by atoms with E-state index in [0.29, 0.717) is 11.5 Å². The summed E-state index contributed by atoms with van der Waals surface area (Å²) in [7, 11) is -0.528. The van der Waals surface area contributed by atoms with Gasteiger partial charge >= 0.3 is 0 Å². The Balaban J connectivity index is 0.000000918. The van der Waals surface area contributed by atoms with Crippen molar-refractivity contribution >= 4 is 30.3 Å². The van der Waals surface area contributed by atoms with Crippen LogP contribution in [0.2, 0.25) is 26.2 Å². The first kappa shape index (κ1) is 49.9. The Kier molecular flexibility index (Phi) is 20.1. The molecule has 3 radical (unpaired) electrons. The zero-order valence-electron chi connectivity index (χ0n) is 36.4. The fourth-order valence-corrected chi connectivity index (χ4v) is 9.75. The van der Waals surface area contributed by atoms with Crippen molar-refractivity contribution in [3.8, 4) is 11.5 Å². The van der Waals surface area contributed by atoms with Gasteiger partial charge in [0.05, 0.1) is 12.1 Å². The molecule has 2 fully saturated rings. The summed E-state index contributed by atoms with van der Waals surface area (Å²) in [6.45, 7) is 37.7. The molecule has 2 aromatic rings. The molecule has 0 unspecified atom stereocenters. The van der Waals surface area contributed by atoms with Crippen molar-refractivity contribution < 1.29 is 47.7 Å². The smallest absolute Gasteiger partial charge is 0.128 e. The van der Waals surface area contributed by atoms with Crippen LogP contribution in [0.15, 0.2) is 34.3 Å². The Morgan fingerprint density at radius 2 is 1.02 bits per heavy atom. The molecular formula is C44H73N3O3Si2Y-2. The molecule has 2 atom stereocenters. The van der Waals surface area contributed by atoms with E-state index in [1.807, 2.05) is 19.0 Å². The van der Waals surface area contributed by atoms with Crippen LogP contribution >= 0.6 is 0 Å². The third kappa shape index (κ3) is 16.8. The number of hydrogen-bond acceptors (Lipinski definition) is 5. The molecule has 2 N–H and O–H groups in total. The second-order valence-corrected chi connectivity index (χ2v) is 23.8. The molecule has 0 aromatic heterocycles. The topological polar surface area (TPSA) is 88.5 Å². The normalized spacial score (nSPS) is 18.5. The summed E-state index contributed by atoms with van der Waals surface area (Å²) >= 11 is 0. The molecule has 53 heavy (non-hydrogen) atoms. The summed E-state index contributed by atoms with van der Waals surface area (Å²) in [5.41, 5.74) is 5.39. The van der Waals surface area contributed by atoms with Crippen molar-refractivity contribution in [2.75, 3.05) is 6.61 Å². The van der Waals surface area contributed by atoms with Crippen molar-refractivity contribution in [1.29, 1.82) is 0 Å². The Bertz CT molecular complexity index is 1360. The van der Waals surface area contributed by atoms with E-state index >= 15 is 0 Å². The van der Waals surface area contributed by atoms with Crippen molar-refractivity contribution in [2.24, 2.45) is 9.98 Å². The van der Waals surface area contributed by atoms with Crippen LogP contribution in [0.25, 0.3) is 4.65 Å². The van der Waals surface area contributed by atoms with Crippen molar-refractivity contribution in [3.05, 3.63) is 68.9 Å². The number of hydrogen-bond donors (Lipinski definition) is 2. The molecule has 0 spiro atoms. The standard InChI is InChI=1S/C36H54N2O2.C4H12NSi2.C4H7O.Y/c1-33(2,3)25-17-23(31(39)27(19-25)35(7,8)9)21-37-29-15-13-14-16-30(29)38-22-24-18-26(34(4,5)6)20-28(32(24)40)36(10,11)12;1-6(2)5-7(3)4;1-2-4-5-3-1;/h17-22,29-30,39-40H,13-16H2,1-12H3;1-4H3;3H,1-2,4H2;/q;2*-1;/t29-,30-;;;/m0.../s1. The predicted octanol–water partition coefficient (Wildman–Crippen LogP) is 12.0. The average molecular weight is 837 g/mol. The van der Waals surface area contributed by atoms with E-state index in [0.717, 1.165) is 61.0 Å². The number of aromatic hydroxyl groups is 2. The minimum Gasteiger partial charge on any atom is -0.673 e. The van der Waals surface area contributed by atoms with Crippen LogP contribution < -0.4 is 0 Å². The minimum absolute atomic E-state index is 0. The van der Waals surface area contributed by atoms with Gasteiger partial charge < -0.3 is 19.6 Å². The van der Waals surface area contributed by atoms with Gasteiger partial charge in [0, 0.05) is 74.0 Å². The fourth-order valence-electron chi connectivity index (χ4n) is 6.18. The average Bonchev–Trinajstić information content (AvgIpc) is 3.58. The molecule has 1 heterocycles. The summed E-state index contributed by atoms with van der Waals surface area (Å²) < 4.78 is 9.30. The van der Waals surface area contributed by atoms with E-state index in [-0.39, 0.29) is 84.4 Å². The predicted molar refractivity (Wildman–Crippen MR) is 230 cm³/mol. The van der Waals surface area contributed by atoms with Crippen molar-refractivity contribution in [1.82, 2.24) is 0 Å². The Morgan fingerprint density at radius 1 is 0.642 bits per heavy atom. The van der Waals surface area contributed by atoms with Crippen LogP contribution in [0.5, 0.6) is 11.5 Å². The van der Waals surface area contributed by atoms with E-state index in [9.17, 15) is 10.2 Å². The molecule has 0 bridgehead atoms. The van der Waals surface area contributed by atoms with Gasteiger partial charge in [-0.05, 0) is 57.8 Å². The zero-order chi connectivity index (χ0) is 39.7. The monoisotopic (exact) mass is 836 g/mol. The number of rotatable bonds is 6. The van der Waals surface area contributed by atoms with Gasteiger partial charge in [0.2, 0.25) is 0 Å². The molecule has 0 amide bonds. The fraction of sp³-hybridized carbons (Fsp3) is 0.659. The third-order valence-electron chi connectivity index (χ3n) is 9.28. The van der Waals surface area contributed by atoms with Gasteiger partial charge in [-0.1, -0.05) is 159 Å². The Hall–Kier alpha value is -1.16. The maximum atomic E-state index is 11.2. The van der Waals surface area contributed by atoms with Crippen LogP contribution in [-0.4, -0.2) is 59.2 Å². The molecule has 6 nitrogen and oxygen atoms in total. The van der Waals surface area contributed by atoms with Crippen LogP contribution in [0.3, 0.4) is 0 Å². The number of aliphatic imine (C=N–C) groups is 2. The van der Waals surface area contributed by atoms with E-state index in [1.165, 1.54) is 17.5 Å². The number of benzene rings is 2. The third-order valence-corrected chi connectivity index (χ3v) is 12.9. The van der Waals surface area contributed by atoms with E-state index < -0.39 is 0 Å². The number of ether oxygens (including phenoxy) is 1. The van der Waals surface area contributed by atoms with Gasteiger partial charge in [-0.15, -0.1) is 0 Å². The maximum absolute atomic E-state index is 11.2. The summed E-state index contributed by atoms with van der Waals surface area (Å²) in [6, 6.07) is 8.53. The first-order valence-corrected chi connectivity index (χ1v) is 24.3. The van der Waals surface area contributed by atoms with Crippen LogP contribution in [0, 0.1) is 6.61 Å². The van der Waals surface area contributed by atoms with Crippen molar-refractivity contribution in [2.45, 2.75) is 182 Å². The zero-order valence-corrected chi connectivity index (χ0v) is 41.2. The second kappa shape index (κ2) is 21.4. The SMILES string of the molecule is CC(C)(C)c1cc(C=N[C@H]2CCCC[C@@H]2N=Cc2cc(C(C)(C)C)cc(C(C)(C)C)c2O)c(O)c(C(C)(C)C)c1.C[Si](C)[N-][Si](C)C.[CH-]1CCCO1.[Y]. The molecule has 1 aliphatic carbocycles. The molecule has 1 saturated carbocycles. The molecule has 2 aromatic carbocycles. The second-order valence-electron chi connectivity index (χ2n) is 19.1. The number of phenolic OH excluding ortho intramolecular Hbond substituents is 2. The Labute approximate surface area is 354 Å². The summed E-state index contributed by atoms with van der Waals surface area (Å²) in [4.78, 5) is 10.1. The van der Waals surface area contributed by atoms with Crippen LogP contribution in [-0.2, 0) is 59.1 Å². The molecule has 9 heteroatoms. The maximum Gasteiger partial charge on any atom is 0.128 e. The minimum atomic E-state index is -0.264. The largest absolute Gasteiger partial charge is 0.673 e. The van der Waals surface area contributed by atoms with Gasteiger partial charge in [-0.3, -0.25) is 9.98 Å². The molecular weight excluding hydrogens is 764 g/mol. The van der Waals surface area contributed by atoms with Gasteiger partial charge in [0.1, 0.15) is 11.5 Å². The molecule has 4 rings (SSSR count). The summed E-state index contributed by atoms with van der Waals surface area (Å²) in [6.07, 6.45) is 10.3. The molecule has 1 aliphatic heterocycles. The van der Waals surface area contributed by atoms with Gasteiger partial charge in [0.15, 0.2) is 0 Å². The van der Waals surface area contributed by atoms with E-state index in [4.69, 9.17) is 14.7 Å². The summed E-state index contributed by atoms with van der Waals surface area (Å²) in [5, 5.41) is 22.5. The van der Waals surface area contributed by atoms with Crippen LogP contribution in [0.4, 0.5) is 0 Å². The number of nitrogens with zero attached hydrogens (tertiary/aromatic N) is 3. The quantitative estimate of drug-likeness (QED) is 0.173. The van der Waals surface area contributed by atoms with Crippen LogP contribution in [0.1, 0.15) is 155 Å². The summed E-state index contributed by atoms with van der Waals surface area (Å²) in [5.74, 6) is 0.637. The Morgan fingerprint density at radius 3 is 1.25 bits per heavy atom. The molecule has 2 aliphatic rings. The van der Waals surface area contributed by atoms with Gasteiger partial charge in [0.25, 0.3) is 0 Å². The van der Waals surface area contributed by atoms with Gasteiger partial charge in [-0.2, -0.15) is 6.42 Å². The van der Waals surface area contributed by atoms with Gasteiger partial charge in [-0.25, -0.2) is 6.61 Å². The first-order valence-electron chi connectivity index (χ1n) is 19.4. The number of phenols is 2. The molecule has 295 valence electrons. The molecule has 1 saturated heterocycles. The first-order chi connectivity index (χ1) is 23.8. The van der Waals surface area contributed by atoms with E-state index in [2.05, 4.69) is 138 Å².